The molecule has 1 heterocycles. The number of thiophene rings is 1. The fourth-order valence-electron chi connectivity index (χ4n) is 0.858. The van der Waals surface area contributed by atoms with Crippen LogP contribution in [0, 0.1) is 11.3 Å². The highest BCUT2D eigenvalue weighted by molar-refractivity contribution is 7.12. The van der Waals surface area contributed by atoms with Crippen LogP contribution in [0.2, 0.25) is 0 Å². The van der Waals surface area contributed by atoms with E-state index in [9.17, 15) is 9.90 Å². The Bertz CT molecular complexity index is 353. The number of hydrogen-bond acceptors (Lipinski definition) is 4. The molecule has 5 heteroatoms. The number of carboxylic acids is 1. The highest BCUT2D eigenvalue weighted by Crippen LogP contribution is 2.24. The number of carbonyl (C=O) groups is 1. The first-order valence-electron chi connectivity index (χ1n) is 3.53. The molecule has 0 amide bonds. The minimum atomic E-state index is -1.06. The molecule has 0 unspecified atom stereocenters. The van der Waals surface area contributed by atoms with Crippen LogP contribution in [0.5, 0.6) is 0 Å². The highest BCUT2D eigenvalue weighted by Gasteiger charge is 2.13. The van der Waals surface area contributed by atoms with Crippen LogP contribution >= 0.6 is 11.3 Å². The van der Waals surface area contributed by atoms with E-state index in [1.54, 1.807) is 12.1 Å². The minimum absolute atomic E-state index is 0.328. The van der Waals surface area contributed by atoms with Crippen molar-refractivity contribution in [2.24, 2.45) is 0 Å². The van der Waals surface area contributed by atoms with Crippen LogP contribution in [0.4, 0.5) is 0 Å². The van der Waals surface area contributed by atoms with E-state index in [2.05, 4.69) is 0 Å². The molecule has 0 radical (unpaired) electrons. The largest absolute Gasteiger partial charge is 0.481 e. The van der Waals surface area contributed by atoms with Crippen molar-refractivity contribution in [2.75, 3.05) is 0 Å². The topological polar surface area (TPSA) is 81.3 Å². The molecule has 1 atom stereocenters. The van der Waals surface area contributed by atoms with Crippen molar-refractivity contribution in [3.05, 3.63) is 21.9 Å². The Balaban J connectivity index is 2.72. The molecule has 0 fully saturated rings. The monoisotopic (exact) mass is 197 g/mol. The summed E-state index contributed by atoms with van der Waals surface area (Å²) in [5.41, 5.74) is 0. The van der Waals surface area contributed by atoms with Crippen molar-refractivity contribution >= 4 is 17.3 Å². The van der Waals surface area contributed by atoms with Crippen LogP contribution < -0.4 is 0 Å². The average Bonchev–Trinajstić information content (AvgIpc) is 2.50. The zero-order valence-corrected chi connectivity index (χ0v) is 7.41. The summed E-state index contributed by atoms with van der Waals surface area (Å²) in [6.07, 6.45) is -1.34. The van der Waals surface area contributed by atoms with Crippen molar-refractivity contribution in [3.8, 4) is 6.07 Å². The van der Waals surface area contributed by atoms with E-state index in [4.69, 9.17) is 10.4 Å². The number of aliphatic hydroxyl groups is 1. The van der Waals surface area contributed by atoms with E-state index in [0.29, 0.717) is 9.75 Å². The molecule has 0 aliphatic rings. The minimum Gasteiger partial charge on any atom is -0.481 e. The summed E-state index contributed by atoms with van der Waals surface area (Å²) >= 11 is 1.11. The Labute approximate surface area is 78.7 Å². The summed E-state index contributed by atoms with van der Waals surface area (Å²) in [5, 5.41) is 26.2. The summed E-state index contributed by atoms with van der Waals surface area (Å²) < 4.78 is 0. The van der Waals surface area contributed by atoms with Gasteiger partial charge in [-0.1, -0.05) is 0 Å². The highest BCUT2D eigenvalue weighted by atomic mass is 32.1. The van der Waals surface area contributed by atoms with Crippen LogP contribution in [0.1, 0.15) is 22.3 Å². The van der Waals surface area contributed by atoms with Crippen molar-refractivity contribution in [1.82, 2.24) is 0 Å². The second kappa shape index (κ2) is 4.03. The first-order chi connectivity index (χ1) is 6.13. The van der Waals surface area contributed by atoms with Gasteiger partial charge in [0.15, 0.2) is 0 Å². The molecule has 68 valence electrons. The smallest absolute Gasteiger partial charge is 0.306 e. The summed E-state index contributed by atoms with van der Waals surface area (Å²) in [6.45, 7) is 0. The third-order valence-corrected chi connectivity index (χ3v) is 2.52. The summed E-state index contributed by atoms with van der Waals surface area (Å²) in [4.78, 5) is 11.2. The molecule has 0 saturated carbocycles. The third-order valence-electron chi connectivity index (χ3n) is 1.43. The predicted molar refractivity (Wildman–Crippen MR) is 46.2 cm³/mol. The average molecular weight is 197 g/mol. The van der Waals surface area contributed by atoms with E-state index >= 15 is 0 Å². The molecule has 0 aliphatic carbocycles. The lowest BCUT2D eigenvalue weighted by atomic mass is 10.2. The second-order valence-corrected chi connectivity index (χ2v) is 3.54. The maximum absolute atomic E-state index is 10.2. The molecule has 0 bridgehead atoms. The fourth-order valence-corrected chi connectivity index (χ4v) is 1.65. The number of aliphatic carboxylic acids is 1. The zero-order chi connectivity index (χ0) is 9.84. The predicted octanol–water partition coefficient (Wildman–Crippen LogP) is 1.13. The lowest BCUT2D eigenvalue weighted by molar-refractivity contribution is -0.139. The number of nitriles is 1. The van der Waals surface area contributed by atoms with Gasteiger partial charge in [0, 0.05) is 4.88 Å². The Morgan fingerprint density at radius 1 is 1.69 bits per heavy atom. The third kappa shape index (κ3) is 2.54. The first kappa shape index (κ1) is 9.71. The normalized spacial score (nSPS) is 12.0. The molecule has 1 rings (SSSR count). The lowest BCUT2D eigenvalue weighted by Gasteiger charge is -2.02. The molecule has 0 saturated heterocycles. The molecule has 13 heavy (non-hydrogen) atoms. The van der Waals surface area contributed by atoms with Crippen LogP contribution in [-0.2, 0) is 4.79 Å². The van der Waals surface area contributed by atoms with Crippen molar-refractivity contribution < 1.29 is 15.0 Å². The molecule has 0 spiro atoms. The van der Waals surface area contributed by atoms with E-state index in [0.717, 1.165) is 11.3 Å². The number of nitrogens with zero attached hydrogens (tertiary/aromatic N) is 1. The van der Waals surface area contributed by atoms with Gasteiger partial charge in [-0.25, -0.2) is 0 Å². The van der Waals surface area contributed by atoms with Gasteiger partial charge in [0.1, 0.15) is 10.9 Å². The van der Waals surface area contributed by atoms with Gasteiger partial charge in [-0.3, -0.25) is 4.79 Å². The van der Waals surface area contributed by atoms with Crippen molar-refractivity contribution in [3.63, 3.8) is 0 Å². The van der Waals surface area contributed by atoms with Gasteiger partial charge < -0.3 is 10.2 Å². The Kier molecular flexibility index (Phi) is 3.01. The van der Waals surface area contributed by atoms with E-state index in [-0.39, 0.29) is 6.42 Å². The van der Waals surface area contributed by atoms with E-state index in [1.165, 1.54) is 0 Å². The molecular weight excluding hydrogens is 190 g/mol. The summed E-state index contributed by atoms with van der Waals surface area (Å²) in [7, 11) is 0. The standard InChI is InChI=1S/C8H7NO3S/c9-4-5-1-2-7(13-5)6(10)3-8(11)12/h1-2,6,10H,3H2,(H,11,12)/t6-/m1/s1. The molecule has 4 nitrogen and oxygen atoms in total. The first-order valence-corrected chi connectivity index (χ1v) is 4.35. The Morgan fingerprint density at radius 3 is 2.85 bits per heavy atom. The van der Waals surface area contributed by atoms with Gasteiger partial charge in [0.25, 0.3) is 0 Å². The quantitative estimate of drug-likeness (QED) is 0.761. The Hall–Kier alpha value is -1.38. The summed E-state index contributed by atoms with van der Waals surface area (Å²) in [5.74, 6) is -1.06. The van der Waals surface area contributed by atoms with Crippen LogP contribution in [0.25, 0.3) is 0 Å². The van der Waals surface area contributed by atoms with Gasteiger partial charge in [0.05, 0.1) is 12.5 Å². The SMILES string of the molecule is N#Cc1ccc([C@H](O)CC(=O)O)s1. The maximum atomic E-state index is 10.2. The second-order valence-electron chi connectivity index (χ2n) is 2.43. The molecule has 1 aromatic rings. The molecule has 0 aromatic carbocycles. The number of carboxylic acid groups (broad SMARTS) is 1. The van der Waals surface area contributed by atoms with Gasteiger partial charge in [0.2, 0.25) is 0 Å². The van der Waals surface area contributed by atoms with E-state index < -0.39 is 12.1 Å². The number of hydrogen-bond donors (Lipinski definition) is 2. The number of rotatable bonds is 3. The number of aliphatic hydroxyl groups excluding tert-OH is 1. The summed E-state index contributed by atoms with van der Waals surface area (Å²) in [6, 6.07) is 5.04. The zero-order valence-electron chi connectivity index (χ0n) is 6.60. The van der Waals surface area contributed by atoms with Crippen molar-refractivity contribution in [2.45, 2.75) is 12.5 Å². The van der Waals surface area contributed by atoms with Crippen LogP contribution in [0.15, 0.2) is 12.1 Å². The molecule has 1 aromatic heterocycles. The van der Waals surface area contributed by atoms with Gasteiger partial charge in [-0.05, 0) is 12.1 Å². The Morgan fingerprint density at radius 2 is 2.38 bits per heavy atom. The molecule has 2 N–H and O–H groups in total. The lowest BCUT2D eigenvalue weighted by Crippen LogP contribution is -2.03. The van der Waals surface area contributed by atoms with Gasteiger partial charge in [-0.15, -0.1) is 11.3 Å². The van der Waals surface area contributed by atoms with Gasteiger partial charge >= 0.3 is 5.97 Å². The fraction of sp³-hybridized carbons (Fsp3) is 0.250. The van der Waals surface area contributed by atoms with Crippen LogP contribution in [0.3, 0.4) is 0 Å². The van der Waals surface area contributed by atoms with Gasteiger partial charge in [-0.2, -0.15) is 5.26 Å². The molecule has 0 aliphatic heterocycles. The van der Waals surface area contributed by atoms with Crippen molar-refractivity contribution in [1.29, 1.82) is 5.26 Å². The van der Waals surface area contributed by atoms with E-state index in [1.807, 2.05) is 6.07 Å². The maximum Gasteiger partial charge on any atom is 0.306 e. The molecular formula is C8H7NO3S. The van der Waals surface area contributed by atoms with Crippen LogP contribution in [-0.4, -0.2) is 16.2 Å².